The molecule has 0 aliphatic carbocycles. The van der Waals surface area contributed by atoms with E-state index in [0.717, 1.165) is 0 Å². The van der Waals surface area contributed by atoms with E-state index in [2.05, 4.69) is 10.5 Å². The van der Waals surface area contributed by atoms with E-state index in [9.17, 15) is 9.59 Å². The first-order valence-electron chi connectivity index (χ1n) is 6.10. The van der Waals surface area contributed by atoms with E-state index in [1.165, 1.54) is 0 Å². The number of aromatic carboxylic acids is 1. The Kier molecular flexibility index (Phi) is 4.14. The van der Waals surface area contributed by atoms with Crippen molar-refractivity contribution in [3.8, 4) is 0 Å². The van der Waals surface area contributed by atoms with Crippen molar-refractivity contribution >= 4 is 11.9 Å². The Balaban J connectivity index is 1.93. The molecule has 0 unspecified atom stereocenters. The van der Waals surface area contributed by atoms with Crippen molar-refractivity contribution in [3.63, 3.8) is 0 Å². The minimum Gasteiger partial charge on any atom is -0.478 e. The highest BCUT2D eigenvalue weighted by Gasteiger charge is 2.12. The van der Waals surface area contributed by atoms with Gasteiger partial charge in [-0.1, -0.05) is 23.4 Å². The van der Waals surface area contributed by atoms with Crippen molar-refractivity contribution in [2.24, 2.45) is 0 Å². The molecule has 104 valence electrons. The van der Waals surface area contributed by atoms with Crippen LogP contribution in [0.2, 0.25) is 0 Å². The van der Waals surface area contributed by atoms with Gasteiger partial charge in [0.2, 0.25) is 5.76 Å². The minimum absolute atomic E-state index is 0.147. The lowest BCUT2D eigenvalue weighted by Gasteiger charge is -2.06. The third-order valence-corrected chi connectivity index (χ3v) is 2.78. The number of carboxylic acid groups (broad SMARTS) is 1. The average Bonchev–Trinajstić information content (AvgIpc) is 2.86. The molecule has 0 saturated heterocycles. The van der Waals surface area contributed by atoms with E-state index in [1.807, 2.05) is 0 Å². The lowest BCUT2D eigenvalue weighted by molar-refractivity contribution is 0.0695. The first kappa shape index (κ1) is 13.8. The number of nitrogens with zero attached hydrogens (tertiary/aromatic N) is 1. The summed E-state index contributed by atoms with van der Waals surface area (Å²) < 4.78 is 4.83. The average molecular weight is 274 g/mol. The molecular formula is C14H14N2O4. The quantitative estimate of drug-likeness (QED) is 0.864. The highest BCUT2D eigenvalue weighted by Crippen LogP contribution is 2.09. The number of carboxylic acids is 1. The summed E-state index contributed by atoms with van der Waals surface area (Å²) in [5, 5.41) is 15.3. The SMILES string of the molecule is Cc1cc(C(=O)NCCc2ccccc2C(=O)O)on1. The Labute approximate surface area is 115 Å². The van der Waals surface area contributed by atoms with Gasteiger partial charge in [0, 0.05) is 12.6 Å². The highest BCUT2D eigenvalue weighted by molar-refractivity contribution is 5.91. The Morgan fingerprint density at radius 2 is 2.10 bits per heavy atom. The zero-order valence-electron chi connectivity index (χ0n) is 10.9. The van der Waals surface area contributed by atoms with Gasteiger partial charge in [-0.25, -0.2) is 4.79 Å². The second kappa shape index (κ2) is 6.01. The number of carbonyl (C=O) groups excluding carboxylic acids is 1. The fraction of sp³-hybridized carbons (Fsp3) is 0.214. The molecule has 6 heteroatoms. The van der Waals surface area contributed by atoms with Gasteiger partial charge in [0.15, 0.2) is 0 Å². The third kappa shape index (κ3) is 3.23. The number of rotatable bonds is 5. The molecule has 0 atom stereocenters. The maximum absolute atomic E-state index is 11.7. The van der Waals surface area contributed by atoms with Crippen molar-refractivity contribution < 1.29 is 19.2 Å². The van der Waals surface area contributed by atoms with Crippen LogP contribution >= 0.6 is 0 Å². The van der Waals surface area contributed by atoms with Gasteiger partial charge in [0.25, 0.3) is 5.91 Å². The molecule has 0 aliphatic rings. The summed E-state index contributed by atoms with van der Waals surface area (Å²) in [5.74, 6) is -1.19. The fourth-order valence-corrected chi connectivity index (χ4v) is 1.82. The van der Waals surface area contributed by atoms with E-state index in [0.29, 0.717) is 24.2 Å². The molecule has 1 aromatic heterocycles. The number of benzene rings is 1. The number of aryl methyl sites for hydroxylation is 1. The monoisotopic (exact) mass is 274 g/mol. The molecule has 2 rings (SSSR count). The minimum atomic E-state index is -0.974. The van der Waals surface area contributed by atoms with Crippen molar-refractivity contribution in [2.45, 2.75) is 13.3 Å². The topological polar surface area (TPSA) is 92.4 Å². The number of hydrogen-bond donors (Lipinski definition) is 2. The molecule has 1 amide bonds. The van der Waals surface area contributed by atoms with Crippen LogP contribution in [0.15, 0.2) is 34.9 Å². The lowest BCUT2D eigenvalue weighted by atomic mass is 10.0. The van der Waals surface area contributed by atoms with Crippen LogP contribution in [0.25, 0.3) is 0 Å². The molecule has 6 nitrogen and oxygen atoms in total. The van der Waals surface area contributed by atoms with Gasteiger partial charge in [-0.2, -0.15) is 0 Å². The smallest absolute Gasteiger partial charge is 0.335 e. The van der Waals surface area contributed by atoms with Gasteiger partial charge >= 0.3 is 5.97 Å². The lowest BCUT2D eigenvalue weighted by Crippen LogP contribution is -2.25. The Bertz CT molecular complexity index is 634. The van der Waals surface area contributed by atoms with Crippen LogP contribution < -0.4 is 5.32 Å². The van der Waals surface area contributed by atoms with Gasteiger partial charge in [-0.05, 0) is 25.0 Å². The van der Waals surface area contributed by atoms with Crippen molar-refractivity contribution in [3.05, 3.63) is 52.9 Å². The summed E-state index contributed by atoms with van der Waals surface area (Å²) in [4.78, 5) is 22.7. The van der Waals surface area contributed by atoms with Crippen molar-refractivity contribution in [2.75, 3.05) is 6.54 Å². The van der Waals surface area contributed by atoms with Crippen LogP contribution in [0.5, 0.6) is 0 Å². The van der Waals surface area contributed by atoms with E-state index in [4.69, 9.17) is 9.63 Å². The molecule has 0 bridgehead atoms. The van der Waals surface area contributed by atoms with Crippen LogP contribution in [0.3, 0.4) is 0 Å². The molecular weight excluding hydrogens is 260 g/mol. The number of amides is 1. The van der Waals surface area contributed by atoms with E-state index < -0.39 is 5.97 Å². The maximum atomic E-state index is 11.7. The zero-order valence-corrected chi connectivity index (χ0v) is 10.9. The summed E-state index contributed by atoms with van der Waals surface area (Å²) in [5.41, 5.74) is 1.55. The predicted molar refractivity (Wildman–Crippen MR) is 70.7 cm³/mol. The Hall–Kier alpha value is -2.63. The normalized spacial score (nSPS) is 10.2. The molecule has 0 aliphatic heterocycles. The van der Waals surface area contributed by atoms with Crippen molar-refractivity contribution in [1.29, 1.82) is 0 Å². The largest absolute Gasteiger partial charge is 0.478 e. The molecule has 1 heterocycles. The fourth-order valence-electron chi connectivity index (χ4n) is 1.82. The summed E-state index contributed by atoms with van der Waals surface area (Å²) in [6.07, 6.45) is 0.432. The third-order valence-electron chi connectivity index (χ3n) is 2.78. The van der Waals surface area contributed by atoms with Gasteiger partial charge < -0.3 is 14.9 Å². The van der Waals surface area contributed by atoms with E-state index in [1.54, 1.807) is 37.3 Å². The first-order chi connectivity index (χ1) is 9.58. The molecule has 0 spiro atoms. The molecule has 0 fully saturated rings. The summed E-state index contributed by atoms with van der Waals surface area (Å²) >= 11 is 0. The second-order valence-corrected chi connectivity index (χ2v) is 4.30. The number of nitrogens with one attached hydrogen (secondary N) is 1. The standard InChI is InChI=1S/C14H14N2O4/c1-9-8-12(20-16-9)13(17)15-7-6-10-4-2-3-5-11(10)14(18)19/h2-5,8H,6-7H2,1H3,(H,15,17)(H,18,19). The van der Waals surface area contributed by atoms with Gasteiger partial charge in [-0.3, -0.25) is 4.79 Å². The summed E-state index contributed by atoms with van der Waals surface area (Å²) in [6, 6.07) is 8.25. The molecule has 0 radical (unpaired) electrons. The zero-order chi connectivity index (χ0) is 14.5. The molecule has 2 N–H and O–H groups in total. The van der Waals surface area contributed by atoms with Crippen LogP contribution in [-0.4, -0.2) is 28.7 Å². The van der Waals surface area contributed by atoms with Gasteiger partial charge in [-0.15, -0.1) is 0 Å². The summed E-state index contributed by atoms with van der Waals surface area (Å²) in [7, 11) is 0. The second-order valence-electron chi connectivity index (χ2n) is 4.30. The van der Waals surface area contributed by atoms with Crippen LogP contribution in [0.1, 0.15) is 32.2 Å². The van der Waals surface area contributed by atoms with Crippen molar-refractivity contribution in [1.82, 2.24) is 10.5 Å². The molecule has 1 aromatic carbocycles. The number of carbonyl (C=O) groups is 2. The molecule has 0 saturated carbocycles. The Morgan fingerprint density at radius 1 is 1.35 bits per heavy atom. The van der Waals surface area contributed by atoms with Crippen LogP contribution in [0, 0.1) is 6.92 Å². The highest BCUT2D eigenvalue weighted by atomic mass is 16.5. The Morgan fingerprint density at radius 3 is 2.75 bits per heavy atom. The van der Waals surface area contributed by atoms with Crippen LogP contribution in [0.4, 0.5) is 0 Å². The molecule has 20 heavy (non-hydrogen) atoms. The van der Waals surface area contributed by atoms with Gasteiger partial charge in [0.05, 0.1) is 11.3 Å². The number of hydrogen-bond acceptors (Lipinski definition) is 4. The maximum Gasteiger partial charge on any atom is 0.335 e. The first-order valence-corrected chi connectivity index (χ1v) is 6.10. The van der Waals surface area contributed by atoms with E-state index >= 15 is 0 Å². The molecule has 2 aromatic rings. The predicted octanol–water partition coefficient (Wildman–Crippen LogP) is 1.65. The number of aromatic nitrogens is 1. The van der Waals surface area contributed by atoms with E-state index in [-0.39, 0.29) is 17.2 Å². The van der Waals surface area contributed by atoms with Gasteiger partial charge in [0.1, 0.15) is 0 Å². The summed E-state index contributed by atoms with van der Waals surface area (Å²) in [6.45, 7) is 2.05. The van der Waals surface area contributed by atoms with Crippen LogP contribution in [-0.2, 0) is 6.42 Å².